The van der Waals surface area contributed by atoms with Crippen molar-refractivity contribution in [2.45, 2.75) is 40.3 Å². The minimum atomic E-state index is -0.966. The van der Waals surface area contributed by atoms with E-state index in [4.69, 9.17) is 27.9 Å². The van der Waals surface area contributed by atoms with Crippen LogP contribution in [0.3, 0.4) is 0 Å². The Bertz CT molecular complexity index is 1370. The zero-order valence-corrected chi connectivity index (χ0v) is 22.7. The molecule has 37 heavy (non-hydrogen) atoms. The van der Waals surface area contributed by atoms with E-state index in [0.29, 0.717) is 31.1 Å². The third-order valence-corrected chi connectivity index (χ3v) is 7.05. The van der Waals surface area contributed by atoms with Gasteiger partial charge in [-0.1, -0.05) is 47.5 Å². The maximum absolute atomic E-state index is 12.1. The van der Waals surface area contributed by atoms with Gasteiger partial charge in [-0.25, -0.2) is 4.79 Å². The average Bonchev–Trinajstić information content (AvgIpc) is 3.29. The van der Waals surface area contributed by atoms with Crippen molar-refractivity contribution in [1.29, 1.82) is 0 Å². The van der Waals surface area contributed by atoms with Gasteiger partial charge in [0.05, 0.1) is 12.3 Å². The van der Waals surface area contributed by atoms with Crippen LogP contribution in [0.1, 0.15) is 39.2 Å². The normalized spacial score (nSPS) is 10.9. The first kappa shape index (κ1) is 26.6. The molecule has 0 unspecified atom stereocenters. The molecule has 1 heterocycles. The van der Waals surface area contributed by atoms with Crippen LogP contribution in [0.25, 0.3) is 0 Å². The molecule has 0 radical (unpaired) electrons. The molecule has 1 N–H and O–H groups in total. The summed E-state index contributed by atoms with van der Waals surface area (Å²) in [5, 5.41) is 11.3. The number of nitrogens with zero attached hydrogens (tertiary/aromatic N) is 2. The fourth-order valence-corrected chi connectivity index (χ4v) is 4.56. The van der Waals surface area contributed by atoms with Gasteiger partial charge in [-0.05, 0) is 91.9 Å². The van der Waals surface area contributed by atoms with E-state index >= 15 is 0 Å². The molecule has 0 saturated heterocycles. The van der Waals surface area contributed by atoms with Crippen LogP contribution in [0.4, 0.5) is 11.4 Å². The number of hydrogen-bond donors (Lipinski definition) is 1. The molecule has 4 aromatic rings. The molecule has 0 atom stereocenters. The SMILES string of the molecule is Cc1cccc(N(Cc2ccc(Cl)cc2)c2cc(C(=O)O)n(CCCOc3cc(C)c(Cl)c(C)c3)c2)c1. The molecule has 0 spiro atoms. The van der Waals surface area contributed by atoms with Crippen molar-refractivity contribution in [1.82, 2.24) is 4.57 Å². The first-order chi connectivity index (χ1) is 17.7. The maximum Gasteiger partial charge on any atom is 0.352 e. The number of carboxylic acids is 1. The summed E-state index contributed by atoms with van der Waals surface area (Å²) >= 11 is 12.3. The van der Waals surface area contributed by atoms with E-state index in [1.54, 1.807) is 10.6 Å². The summed E-state index contributed by atoms with van der Waals surface area (Å²) < 4.78 is 7.71. The fourth-order valence-electron chi connectivity index (χ4n) is 4.32. The van der Waals surface area contributed by atoms with E-state index in [9.17, 15) is 9.90 Å². The van der Waals surface area contributed by atoms with Crippen LogP contribution in [-0.2, 0) is 13.1 Å². The summed E-state index contributed by atoms with van der Waals surface area (Å²) in [6.45, 7) is 7.48. The molecule has 1 aromatic heterocycles. The second kappa shape index (κ2) is 11.8. The van der Waals surface area contributed by atoms with E-state index in [1.165, 1.54) is 0 Å². The van der Waals surface area contributed by atoms with Crippen molar-refractivity contribution in [2.24, 2.45) is 0 Å². The highest BCUT2D eigenvalue weighted by Crippen LogP contribution is 2.31. The number of anilines is 2. The number of rotatable bonds is 10. The number of carboxylic acid groups (broad SMARTS) is 1. The topological polar surface area (TPSA) is 54.7 Å². The number of halogens is 2. The van der Waals surface area contributed by atoms with Crippen LogP contribution >= 0.6 is 23.2 Å². The molecule has 0 amide bonds. The van der Waals surface area contributed by atoms with Crippen LogP contribution in [-0.4, -0.2) is 22.2 Å². The van der Waals surface area contributed by atoms with E-state index in [1.807, 2.05) is 81.6 Å². The van der Waals surface area contributed by atoms with Crippen molar-refractivity contribution < 1.29 is 14.6 Å². The second-order valence-corrected chi connectivity index (χ2v) is 10.0. The van der Waals surface area contributed by atoms with Crippen LogP contribution in [0, 0.1) is 20.8 Å². The largest absolute Gasteiger partial charge is 0.494 e. The quantitative estimate of drug-likeness (QED) is 0.207. The predicted octanol–water partition coefficient (Wildman–Crippen LogP) is 8.23. The first-order valence-corrected chi connectivity index (χ1v) is 12.9. The van der Waals surface area contributed by atoms with Crippen LogP contribution < -0.4 is 9.64 Å². The summed E-state index contributed by atoms with van der Waals surface area (Å²) in [5.41, 5.74) is 6.16. The number of hydrogen-bond acceptors (Lipinski definition) is 3. The van der Waals surface area contributed by atoms with E-state index < -0.39 is 5.97 Å². The van der Waals surface area contributed by atoms with E-state index in [0.717, 1.165) is 44.4 Å². The fraction of sp³-hybridized carbons (Fsp3) is 0.233. The molecular formula is C30H30Cl2N2O3. The molecule has 5 nitrogen and oxygen atoms in total. The lowest BCUT2D eigenvalue weighted by atomic mass is 10.1. The number of aromatic nitrogens is 1. The third kappa shape index (κ3) is 6.68. The minimum Gasteiger partial charge on any atom is -0.494 e. The van der Waals surface area contributed by atoms with Crippen LogP contribution in [0.2, 0.25) is 10.0 Å². The lowest BCUT2D eigenvalue weighted by Gasteiger charge is -2.24. The number of aromatic carboxylic acids is 1. The number of benzene rings is 3. The Morgan fingerprint density at radius 3 is 2.30 bits per heavy atom. The molecule has 0 aliphatic heterocycles. The molecule has 4 rings (SSSR count). The van der Waals surface area contributed by atoms with Gasteiger partial charge in [0.1, 0.15) is 11.4 Å². The Balaban J connectivity index is 1.55. The van der Waals surface area contributed by atoms with Crippen molar-refractivity contribution in [3.8, 4) is 5.75 Å². The van der Waals surface area contributed by atoms with Gasteiger partial charge < -0.3 is 19.3 Å². The molecular weight excluding hydrogens is 507 g/mol. The van der Waals surface area contributed by atoms with Gasteiger partial charge in [0.2, 0.25) is 0 Å². The van der Waals surface area contributed by atoms with Gasteiger partial charge >= 0.3 is 5.97 Å². The van der Waals surface area contributed by atoms with Crippen molar-refractivity contribution >= 4 is 40.5 Å². The number of aryl methyl sites for hydroxylation is 4. The summed E-state index contributed by atoms with van der Waals surface area (Å²) in [5.74, 6) is -0.202. The molecule has 0 bridgehead atoms. The van der Waals surface area contributed by atoms with Gasteiger partial charge in [0, 0.05) is 35.0 Å². The van der Waals surface area contributed by atoms with Crippen molar-refractivity contribution in [3.05, 3.63) is 111 Å². The third-order valence-electron chi connectivity index (χ3n) is 6.20. The first-order valence-electron chi connectivity index (χ1n) is 12.1. The van der Waals surface area contributed by atoms with Crippen LogP contribution in [0.5, 0.6) is 5.75 Å². The smallest absolute Gasteiger partial charge is 0.352 e. The summed E-state index contributed by atoms with van der Waals surface area (Å²) in [6, 6.07) is 21.4. The van der Waals surface area contributed by atoms with E-state index in [-0.39, 0.29) is 5.69 Å². The molecule has 3 aromatic carbocycles. The maximum atomic E-state index is 12.1. The van der Waals surface area contributed by atoms with Crippen molar-refractivity contribution in [2.75, 3.05) is 11.5 Å². The Morgan fingerprint density at radius 2 is 1.65 bits per heavy atom. The number of carbonyl (C=O) groups is 1. The Hall–Kier alpha value is -3.41. The Morgan fingerprint density at radius 1 is 0.946 bits per heavy atom. The summed E-state index contributed by atoms with van der Waals surface area (Å²) in [4.78, 5) is 14.2. The zero-order valence-electron chi connectivity index (χ0n) is 21.2. The van der Waals surface area contributed by atoms with Crippen molar-refractivity contribution in [3.63, 3.8) is 0 Å². The lowest BCUT2D eigenvalue weighted by molar-refractivity contribution is 0.0684. The standard InChI is InChI=1S/C30H30Cl2N2O3/c1-20-6-4-7-25(14-20)34(18-23-8-10-24(31)11-9-23)26-17-28(30(35)36)33(19-26)12-5-13-37-27-15-21(2)29(32)22(3)16-27/h4,6-11,14-17,19H,5,12-13,18H2,1-3H3,(H,35,36). The second-order valence-electron chi connectivity index (χ2n) is 9.21. The van der Waals surface area contributed by atoms with Gasteiger partial charge in [0.15, 0.2) is 0 Å². The highest BCUT2D eigenvalue weighted by atomic mass is 35.5. The molecule has 0 fully saturated rings. The number of ether oxygens (including phenoxy) is 1. The summed E-state index contributed by atoms with van der Waals surface area (Å²) in [7, 11) is 0. The zero-order chi connectivity index (χ0) is 26.5. The minimum absolute atomic E-state index is 0.238. The average molecular weight is 537 g/mol. The highest BCUT2D eigenvalue weighted by Gasteiger charge is 2.18. The summed E-state index contributed by atoms with van der Waals surface area (Å²) in [6.07, 6.45) is 2.55. The molecule has 0 saturated carbocycles. The lowest BCUT2D eigenvalue weighted by Crippen LogP contribution is -2.16. The monoisotopic (exact) mass is 536 g/mol. The molecule has 192 valence electrons. The Labute approximate surface area is 227 Å². The van der Waals surface area contributed by atoms with Gasteiger partial charge in [0.25, 0.3) is 0 Å². The van der Waals surface area contributed by atoms with Gasteiger partial charge in [-0.3, -0.25) is 0 Å². The molecule has 7 heteroatoms. The van der Waals surface area contributed by atoms with E-state index in [2.05, 4.69) is 11.0 Å². The Kier molecular flexibility index (Phi) is 8.47. The molecule has 0 aliphatic carbocycles. The highest BCUT2D eigenvalue weighted by molar-refractivity contribution is 6.32. The molecule has 0 aliphatic rings. The predicted molar refractivity (Wildman–Crippen MR) is 151 cm³/mol. The van der Waals surface area contributed by atoms with Crippen LogP contribution in [0.15, 0.2) is 72.9 Å². The van der Waals surface area contributed by atoms with Gasteiger partial charge in [-0.15, -0.1) is 0 Å². The van der Waals surface area contributed by atoms with Gasteiger partial charge in [-0.2, -0.15) is 0 Å².